The van der Waals surface area contributed by atoms with Crippen molar-refractivity contribution in [3.8, 4) is 5.82 Å². The van der Waals surface area contributed by atoms with E-state index in [-0.39, 0.29) is 28.1 Å². The van der Waals surface area contributed by atoms with Crippen molar-refractivity contribution in [3.63, 3.8) is 0 Å². The average molecular weight is 492 g/mol. The molecule has 1 amide bonds. The summed E-state index contributed by atoms with van der Waals surface area (Å²) in [6, 6.07) is 2.59. The van der Waals surface area contributed by atoms with Crippen LogP contribution in [0.5, 0.6) is 0 Å². The van der Waals surface area contributed by atoms with Gasteiger partial charge in [-0.2, -0.15) is 18.3 Å². The first kappa shape index (κ1) is 23.9. The summed E-state index contributed by atoms with van der Waals surface area (Å²) in [7, 11) is 0. The first-order valence-corrected chi connectivity index (χ1v) is 11.0. The largest absolute Gasteiger partial charge is 0.417 e. The topological polar surface area (TPSA) is 89.8 Å². The van der Waals surface area contributed by atoms with Gasteiger partial charge < -0.3 is 5.32 Å². The van der Waals surface area contributed by atoms with E-state index in [2.05, 4.69) is 20.4 Å². The fourth-order valence-corrected chi connectivity index (χ4v) is 4.33. The highest BCUT2D eigenvalue weighted by atomic mass is 35.5. The van der Waals surface area contributed by atoms with Crippen LogP contribution < -0.4 is 5.32 Å². The standard InChI is InChI=1S/C23H21ClF3N5O2/c1-12-7-16(10-28-20(12)14-3-5-17(33)6-4-14)31-22(34)18-11-30-32(13(18)2)21-19(24)8-15(9-29-21)23(25,26)27/h7-11,14H,3-6H2,1-2H3,(H,31,34). The number of halogens is 4. The van der Waals surface area contributed by atoms with Crippen LogP contribution in [-0.2, 0) is 11.0 Å². The lowest BCUT2D eigenvalue weighted by Gasteiger charge is -2.22. The van der Waals surface area contributed by atoms with Crippen molar-refractivity contribution >= 4 is 29.0 Å². The van der Waals surface area contributed by atoms with Crippen molar-refractivity contribution in [2.45, 2.75) is 51.6 Å². The molecule has 1 N–H and O–H groups in total. The molecule has 0 aromatic carbocycles. The molecule has 0 spiro atoms. The number of carbonyl (C=O) groups excluding carboxylic acids is 2. The van der Waals surface area contributed by atoms with Crippen LogP contribution in [0, 0.1) is 13.8 Å². The number of ketones is 1. The third-order valence-electron chi connectivity index (χ3n) is 5.91. The Morgan fingerprint density at radius 1 is 1.12 bits per heavy atom. The Kier molecular flexibility index (Phi) is 6.44. The Labute approximate surface area is 198 Å². The molecule has 0 atom stereocenters. The Morgan fingerprint density at radius 2 is 1.82 bits per heavy atom. The second-order valence-corrected chi connectivity index (χ2v) is 8.68. The van der Waals surface area contributed by atoms with Crippen molar-refractivity contribution in [1.82, 2.24) is 19.7 Å². The Hall–Kier alpha value is -3.27. The summed E-state index contributed by atoms with van der Waals surface area (Å²) >= 11 is 6.01. The third kappa shape index (κ3) is 4.82. The summed E-state index contributed by atoms with van der Waals surface area (Å²) in [5.41, 5.74) is 1.94. The highest BCUT2D eigenvalue weighted by Crippen LogP contribution is 2.33. The van der Waals surface area contributed by atoms with Crippen LogP contribution in [0.4, 0.5) is 18.9 Å². The van der Waals surface area contributed by atoms with Crippen molar-refractivity contribution in [2.75, 3.05) is 5.32 Å². The zero-order valence-electron chi connectivity index (χ0n) is 18.4. The number of amides is 1. The molecule has 0 saturated heterocycles. The lowest BCUT2D eigenvalue weighted by atomic mass is 9.84. The molecule has 1 aliphatic rings. The fourth-order valence-electron chi connectivity index (χ4n) is 4.08. The van der Waals surface area contributed by atoms with Gasteiger partial charge in [0.05, 0.1) is 39.9 Å². The van der Waals surface area contributed by atoms with Gasteiger partial charge in [0.15, 0.2) is 5.82 Å². The van der Waals surface area contributed by atoms with Gasteiger partial charge in [0, 0.05) is 30.7 Å². The zero-order valence-corrected chi connectivity index (χ0v) is 19.2. The van der Waals surface area contributed by atoms with Gasteiger partial charge in [0.2, 0.25) is 0 Å². The zero-order chi connectivity index (χ0) is 24.6. The van der Waals surface area contributed by atoms with E-state index in [1.54, 1.807) is 13.1 Å². The molecule has 0 bridgehead atoms. The summed E-state index contributed by atoms with van der Waals surface area (Å²) in [6.45, 7) is 3.50. The van der Waals surface area contributed by atoms with Crippen LogP contribution >= 0.6 is 11.6 Å². The first-order chi connectivity index (χ1) is 16.0. The van der Waals surface area contributed by atoms with E-state index in [1.807, 2.05) is 13.0 Å². The maximum Gasteiger partial charge on any atom is 0.417 e. The summed E-state index contributed by atoms with van der Waals surface area (Å²) in [5, 5.41) is 6.62. The smallest absolute Gasteiger partial charge is 0.320 e. The molecule has 0 radical (unpaired) electrons. The summed E-state index contributed by atoms with van der Waals surface area (Å²) in [6.07, 6.45) is 1.64. The molecular formula is C23H21ClF3N5O2. The highest BCUT2D eigenvalue weighted by molar-refractivity contribution is 6.32. The number of hydrogen-bond donors (Lipinski definition) is 1. The average Bonchev–Trinajstić information content (AvgIpc) is 3.15. The molecule has 3 heterocycles. The number of nitrogens with zero attached hydrogens (tertiary/aromatic N) is 4. The summed E-state index contributed by atoms with van der Waals surface area (Å²) in [5.74, 6) is 0.0356. The Morgan fingerprint density at radius 3 is 2.44 bits per heavy atom. The van der Waals surface area contributed by atoms with E-state index >= 15 is 0 Å². The number of Topliss-reactive ketones (excluding diaryl/α,β-unsaturated/α-hetero) is 1. The van der Waals surface area contributed by atoms with Gasteiger partial charge in [-0.15, -0.1) is 0 Å². The molecule has 1 saturated carbocycles. The lowest BCUT2D eigenvalue weighted by Crippen LogP contribution is -2.16. The number of carbonyl (C=O) groups is 2. The Bertz CT molecular complexity index is 1260. The van der Waals surface area contributed by atoms with E-state index in [4.69, 9.17) is 11.6 Å². The van der Waals surface area contributed by atoms with Crippen molar-refractivity contribution in [3.05, 3.63) is 63.8 Å². The number of rotatable bonds is 4. The number of pyridine rings is 2. The van der Waals surface area contributed by atoms with Crippen LogP contribution in [0.25, 0.3) is 5.82 Å². The molecule has 34 heavy (non-hydrogen) atoms. The van der Waals surface area contributed by atoms with E-state index in [0.29, 0.717) is 30.4 Å². The van der Waals surface area contributed by atoms with Gasteiger partial charge in [0.1, 0.15) is 5.78 Å². The Balaban J connectivity index is 1.52. The monoisotopic (exact) mass is 491 g/mol. The second-order valence-electron chi connectivity index (χ2n) is 8.28. The van der Waals surface area contributed by atoms with Crippen LogP contribution in [0.15, 0.2) is 30.7 Å². The van der Waals surface area contributed by atoms with Gasteiger partial charge in [-0.1, -0.05) is 11.6 Å². The molecule has 1 aliphatic carbocycles. The van der Waals surface area contributed by atoms with E-state index < -0.39 is 17.6 Å². The molecule has 0 aliphatic heterocycles. The quantitative estimate of drug-likeness (QED) is 0.525. The molecular weight excluding hydrogens is 471 g/mol. The second kappa shape index (κ2) is 9.17. The number of nitrogens with one attached hydrogen (secondary N) is 1. The van der Waals surface area contributed by atoms with E-state index in [1.165, 1.54) is 10.9 Å². The summed E-state index contributed by atoms with van der Waals surface area (Å²) < 4.78 is 39.9. The lowest BCUT2D eigenvalue weighted by molar-refractivity contribution is -0.137. The molecule has 3 aromatic heterocycles. The minimum absolute atomic E-state index is 0.0148. The van der Waals surface area contributed by atoms with Gasteiger partial charge in [0.25, 0.3) is 5.91 Å². The molecule has 178 valence electrons. The predicted molar refractivity (Wildman–Crippen MR) is 119 cm³/mol. The maximum atomic E-state index is 12.9. The van der Waals surface area contributed by atoms with E-state index in [9.17, 15) is 22.8 Å². The van der Waals surface area contributed by atoms with Gasteiger partial charge in [-0.3, -0.25) is 14.6 Å². The van der Waals surface area contributed by atoms with E-state index in [0.717, 1.165) is 30.2 Å². The number of aryl methyl sites for hydroxylation is 1. The van der Waals surface area contributed by atoms with Crippen molar-refractivity contribution in [1.29, 1.82) is 0 Å². The number of aromatic nitrogens is 4. The van der Waals surface area contributed by atoms with Crippen LogP contribution in [0.1, 0.15) is 64.5 Å². The molecule has 0 unspecified atom stereocenters. The van der Waals surface area contributed by atoms with Crippen molar-refractivity contribution < 1.29 is 22.8 Å². The van der Waals surface area contributed by atoms with Crippen LogP contribution in [0.3, 0.4) is 0 Å². The third-order valence-corrected chi connectivity index (χ3v) is 6.19. The minimum atomic E-state index is -4.57. The summed E-state index contributed by atoms with van der Waals surface area (Å²) in [4.78, 5) is 32.7. The molecule has 7 nitrogen and oxygen atoms in total. The molecule has 4 rings (SSSR count). The SMILES string of the molecule is Cc1cc(NC(=O)c2cnn(-c3ncc(C(F)(F)F)cc3Cl)c2C)cnc1C1CCC(=O)CC1. The molecule has 3 aromatic rings. The highest BCUT2D eigenvalue weighted by Gasteiger charge is 2.32. The van der Waals surface area contributed by atoms with Gasteiger partial charge >= 0.3 is 6.18 Å². The molecule has 1 fully saturated rings. The maximum absolute atomic E-state index is 12.9. The van der Waals surface area contributed by atoms with Gasteiger partial charge in [-0.25, -0.2) is 9.67 Å². The minimum Gasteiger partial charge on any atom is -0.320 e. The number of anilines is 1. The number of alkyl halides is 3. The molecule has 11 heteroatoms. The van der Waals surface area contributed by atoms with Crippen LogP contribution in [0.2, 0.25) is 5.02 Å². The first-order valence-electron chi connectivity index (χ1n) is 10.6. The van der Waals surface area contributed by atoms with Crippen molar-refractivity contribution in [2.24, 2.45) is 0 Å². The fraction of sp³-hybridized carbons (Fsp3) is 0.348. The normalized spacial score (nSPS) is 14.9. The number of hydrogen-bond acceptors (Lipinski definition) is 5. The van der Waals surface area contributed by atoms with Gasteiger partial charge in [-0.05, 0) is 44.4 Å². The predicted octanol–water partition coefficient (Wildman–Crippen LogP) is 5.43. The van der Waals surface area contributed by atoms with Crippen LogP contribution in [-0.4, -0.2) is 31.4 Å².